The molecular formula is C20H16N4O2S. The Labute approximate surface area is 160 Å². The number of hydrogen-bond acceptors (Lipinski definition) is 5. The van der Waals surface area contributed by atoms with E-state index in [2.05, 4.69) is 10.3 Å². The summed E-state index contributed by atoms with van der Waals surface area (Å²) < 4.78 is 7.11. The molecule has 3 heterocycles. The van der Waals surface area contributed by atoms with Gasteiger partial charge in [0.2, 0.25) is 0 Å². The first-order chi connectivity index (χ1) is 13.2. The molecule has 1 N–H and O–H groups in total. The van der Waals surface area contributed by atoms with Gasteiger partial charge in [0.05, 0.1) is 12.8 Å². The highest BCUT2D eigenvalue weighted by atomic mass is 32.1. The maximum atomic E-state index is 12.9. The molecule has 0 spiro atoms. The van der Waals surface area contributed by atoms with Crippen LogP contribution in [0.1, 0.15) is 9.67 Å². The number of nitrogens with one attached hydrogen (secondary N) is 1. The third kappa shape index (κ3) is 3.58. The summed E-state index contributed by atoms with van der Waals surface area (Å²) in [6, 6.07) is 14.9. The summed E-state index contributed by atoms with van der Waals surface area (Å²) >= 11 is 1.34. The van der Waals surface area contributed by atoms with E-state index in [0.717, 1.165) is 16.4 Å². The van der Waals surface area contributed by atoms with Gasteiger partial charge in [-0.1, -0.05) is 11.3 Å². The Hall–Kier alpha value is -3.45. The average Bonchev–Trinajstić information content (AvgIpc) is 3.39. The van der Waals surface area contributed by atoms with E-state index in [0.29, 0.717) is 16.3 Å². The summed E-state index contributed by atoms with van der Waals surface area (Å²) in [4.78, 5) is 22.1. The molecule has 4 aromatic rings. The number of benzene rings is 1. The maximum Gasteiger partial charge on any atom is 0.268 e. The van der Waals surface area contributed by atoms with Crippen molar-refractivity contribution in [1.82, 2.24) is 14.5 Å². The Morgan fingerprint density at radius 3 is 2.44 bits per heavy atom. The van der Waals surface area contributed by atoms with Gasteiger partial charge in [0, 0.05) is 36.0 Å². The van der Waals surface area contributed by atoms with Crippen LogP contribution in [0.3, 0.4) is 0 Å². The van der Waals surface area contributed by atoms with E-state index in [-0.39, 0.29) is 5.91 Å². The van der Waals surface area contributed by atoms with Gasteiger partial charge in [-0.3, -0.25) is 9.78 Å². The molecule has 7 heteroatoms. The van der Waals surface area contributed by atoms with Crippen molar-refractivity contribution in [3.8, 4) is 22.1 Å². The number of pyridine rings is 1. The van der Waals surface area contributed by atoms with Crippen LogP contribution < -0.4 is 10.1 Å². The van der Waals surface area contributed by atoms with Crippen molar-refractivity contribution in [2.45, 2.75) is 0 Å². The minimum absolute atomic E-state index is 0.206. The van der Waals surface area contributed by atoms with Crippen molar-refractivity contribution < 1.29 is 9.53 Å². The lowest BCUT2D eigenvalue weighted by Crippen LogP contribution is -2.11. The lowest BCUT2D eigenvalue weighted by atomic mass is 10.1. The molecule has 0 aliphatic heterocycles. The highest BCUT2D eigenvalue weighted by Crippen LogP contribution is 2.32. The quantitative estimate of drug-likeness (QED) is 0.565. The zero-order chi connectivity index (χ0) is 18.6. The summed E-state index contributed by atoms with van der Waals surface area (Å²) in [5.41, 5.74) is 2.18. The van der Waals surface area contributed by atoms with Crippen LogP contribution >= 0.6 is 11.3 Å². The van der Waals surface area contributed by atoms with Crippen molar-refractivity contribution in [2.75, 3.05) is 12.4 Å². The molecule has 0 saturated heterocycles. The lowest BCUT2D eigenvalue weighted by molar-refractivity contribution is 0.103. The van der Waals surface area contributed by atoms with Crippen LogP contribution in [0.5, 0.6) is 5.75 Å². The fourth-order valence-electron chi connectivity index (χ4n) is 2.60. The zero-order valence-corrected chi connectivity index (χ0v) is 15.3. The van der Waals surface area contributed by atoms with Gasteiger partial charge in [-0.15, -0.1) is 0 Å². The first-order valence-electron chi connectivity index (χ1n) is 8.24. The van der Waals surface area contributed by atoms with Crippen molar-refractivity contribution in [2.24, 2.45) is 0 Å². The van der Waals surface area contributed by atoms with Crippen LogP contribution in [-0.4, -0.2) is 27.6 Å². The fourth-order valence-corrected chi connectivity index (χ4v) is 3.55. The number of carbonyl (C=O) groups is 1. The Balaban J connectivity index is 1.75. The normalized spacial score (nSPS) is 10.6. The molecule has 6 nitrogen and oxygen atoms in total. The maximum absolute atomic E-state index is 12.9. The number of ether oxygens (including phenoxy) is 1. The van der Waals surface area contributed by atoms with Crippen LogP contribution in [0.4, 0.5) is 5.69 Å². The Morgan fingerprint density at radius 1 is 1.07 bits per heavy atom. The molecule has 0 bridgehead atoms. The fraction of sp³-hybridized carbons (Fsp3) is 0.0500. The molecule has 1 amide bonds. The molecule has 0 unspecified atom stereocenters. The van der Waals surface area contributed by atoms with Gasteiger partial charge in [-0.05, 0) is 48.5 Å². The molecule has 0 radical (unpaired) electrons. The van der Waals surface area contributed by atoms with Crippen LogP contribution in [0.25, 0.3) is 16.4 Å². The summed E-state index contributed by atoms with van der Waals surface area (Å²) in [6.07, 6.45) is 7.08. The van der Waals surface area contributed by atoms with E-state index < -0.39 is 0 Å². The third-order valence-electron chi connectivity index (χ3n) is 3.95. The number of anilines is 1. The number of hydrogen-bond donors (Lipinski definition) is 1. The smallest absolute Gasteiger partial charge is 0.268 e. The average molecular weight is 376 g/mol. The van der Waals surface area contributed by atoms with Gasteiger partial charge >= 0.3 is 0 Å². The highest BCUT2D eigenvalue weighted by molar-refractivity contribution is 7.16. The summed E-state index contributed by atoms with van der Waals surface area (Å²) in [7, 11) is 1.62. The summed E-state index contributed by atoms with van der Waals surface area (Å²) in [5, 5.41) is 3.63. The standard InChI is InChI=1S/C20H16N4O2S/c1-26-16-6-4-14(5-7-16)17-18(19(25)22-15-8-10-21-11-9-15)27-20(23-17)24-12-2-3-13-24/h2-13H,1H3,(H,21,22,25). The second kappa shape index (κ2) is 7.43. The van der Waals surface area contributed by atoms with Gasteiger partial charge in [-0.25, -0.2) is 4.98 Å². The van der Waals surface area contributed by atoms with Gasteiger partial charge in [0.15, 0.2) is 5.13 Å². The number of thiazole rings is 1. The predicted molar refractivity (Wildman–Crippen MR) is 106 cm³/mol. The molecule has 0 aliphatic carbocycles. The number of methoxy groups -OCH3 is 1. The van der Waals surface area contributed by atoms with E-state index in [9.17, 15) is 4.79 Å². The first-order valence-corrected chi connectivity index (χ1v) is 9.06. The van der Waals surface area contributed by atoms with Crippen molar-refractivity contribution in [3.63, 3.8) is 0 Å². The SMILES string of the molecule is COc1ccc(-c2nc(-n3cccc3)sc2C(=O)Nc2ccncc2)cc1. The number of aromatic nitrogens is 3. The van der Waals surface area contributed by atoms with Crippen molar-refractivity contribution in [3.05, 3.63) is 78.2 Å². The topological polar surface area (TPSA) is 69.0 Å². The van der Waals surface area contributed by atoms with E-state index in [1.165, 1.54) is 11.3 Å². The Morgan fingerprint density at radius 2 is 1.78 bits per heavy atom. The number of amides is 1. The molecule has 0 fully saturated rings. The molecule has 0 saturated carbocycles. The van der Waals surface area contributed by atoms with E-state index in [4.69, 9.17) is 9.72 Å². The summed E-state index contributed by atoms with van der Waals surface area (Å²) in [5.74, 6) is 0.547. The molecule has 27 heavy (non-hydrogen) atoms. The van der Waals surface area contributed by atoms with E-state index in [1.807, 2.05) is 53.4 Å². The Bertz CT molecular complexity index is 1040. The van der Waals surface area contributed by atoms with Crippen molar-refractivity contribution >= 4 is 22.9 Å². The number of nitrogens with zero attached hydrogens (tertiary/aromatic N) is 3. The first kappa shape index (κ1) is 17.0. The lowest BCUT2D eigenvalue weighted by Gasteiger charge is -2.05. The minimum Gasteiger partial charge on any atom is -0.497 e. The highest BCUT2D eigenvalue weighted by Gasteiger charge is 2.20. The number of carbonyl (C=O) groups excluding carboxylic acids is 1. The second-order valence-corrected chi connectivity index (χ2v) is 6.66. The van der Waals surface area contributed by atoms with Crippen molar-refractivity contribution in [1.29, 1.82) is 0 Å². The second-order valence-electron chi connectivity index (χ2n) is 5.68. The molecule has 4 rings (SSSR count). The molecule has 134 valence electrons. The summed E-state index contributed by atoms with van der Waals surface area (Å²) in [6.45, 7) is 0. The molecule has 3 aromatic heterocycles. The van der Waals surface area contributed by atoms with Gasteiger partial charge in [0.25, 0.3) is 5.91 Å². The molecular weight excluding hydrogens is 360 g/mol. The number of rotatable bonds is 5. The largest absolute Gasteiger partial charge is 0.497 e. The van der Waals surface area contributed by atoms with Crippen LogP contribution in [0, 0.1) is 0 Å². The van der Waals surface area contributed by atoms with Gasteiger partial charge in [0.1, 0.15) is 10.6 Å². The van der Waals surface area contributed by atoms with Gasteiger partial charge in [-0.2, -0.15) is 0 Å². The third-order valence-corrected chi connectivity index (χ3v) is 5.02. The van der Waals surface area contributed by atoms with Gasteiger partial charge < -0.3 is 14.6 Å². The molecule has 0 aliphatic rings. The van der Waals surface area contributed by atoms with Crippen LogP contribution in [-0.2, 0) is 0 Å². The molecule has 1 aromatic carbocycles. The van der Waals surface area contributed by atoms with E-state index >= 15 is 0 Å². The minimum atomic E-state index is -0.206. The zero-order valence-electron chi connectivity index (χ0n) is 14.5. The van der Waals surface area contributed by atoms with Crippen LogP contribution in [0.15, 0.2) is 73.3 Å². The van der Waals surface area contributed by atoms with Crippen LogP contribution in [0.2, 0.25) is 0 Å². The van der Waals surface area contributed by atoms with E-state index in [1.54, 1.807) is 31.6 Å². The monoisotopic (exact) mass is 376 g/mol. The predicted octanol–water partition coefficient (Wildman–Crippen LogP) is 4.26. The Kier molecular flexibility index (Phi) is 4.67. The molecule has 0 atom stereocenters.